The number of nitrogens with zero attached hydrogens (tertiary/aromatic N) is 3. The van der Waals surface area contributed by atoms with Crippen molar-refractivity contribution in [1.29, 1.82) is 0 Å². The lowest BCUT2D eigenvalue weighted by Gasteiger charge is -2.17. The summed E-state index contributed by atoms with van der Waals surface area (Å²) in [4.78, 5) is 23.6. The molecular formula is C14H13F3N4O2. The summed E-state index contributed by atoms with van der Waals surface area (Å²) in [6.45, 7) is -1.35. The van der Waals surface area contributed by atoms with Crippen LogP contribution in [0.4, 0.5) is 13.2 Å². The zero-order valence-corrected chi connectivity index (χ0v) is 11.9. The molecule has 1 N–H and O–H groups in total. The quantitative estimate of drug-likeness (QED) is 0.802. The van der Waals surface area contributed by atoms with E-state index < -0.39 is 18.6 Å². The molecule has 0 aliphatic heterocycles. The van der Waals surface area contributed by atoms with Gasteiger partial charge in [0.15, 0.2) is 11.5 Å². The highest BCUT2D eigenvalue weighted by atomic mass is 19.4. The van der Waals surface area contributed by atoms with Crippen LogP contribution in [0.3, 0.4) is 0 Å². The Morgan fingerprint density at radius 1 is 1.35 bits per heavy atom. The van der Waals surface area contributed by atoms with Gasteiger partial charge in [-0.1, -0.05) is 0 Å². The molecule has 122 valence electrons. The summed E-state index contributed by atoms with van der Waals surface area (Å²) in [7, 11) is 1.06. The summed E-state index contributed by atoms with van der Waals surface area (Å²) in [5, 5.41) is 0.685. The molecule has 3 aromatic heterocycles. The van der Waals surface area contributed by atoms with Crippen LogP contribution >= 0.6 is 0 Å². The summed E-state index contributed by atoms with van der Waals surface area (Å²) in [6.07, 6.45) is -1.47. The molecule has 9 heteroatoms. The van der Waals surface area contributed by atoms with E-state index in [2.05, 4.69) is 15.0 Å². The number of rotatable bonds is 3. The maximum absolute atomic E-state index is 12.3. The number of hydrogen-bond acceptors (Lipinski definition) is 4. The van der Waals surface area contributed by atoms with Crippen molar-refractivity contribution in [3.05, 3.63) is 36.5 Å². The van der Waals surface area contributed by atoms with Crippen molar-refractivity contribution < 1.29 is 23.8 Å². The Balaban J connectivity index is 0.00000208. The van der Waals surface area contributed by atoms with E-state index in [1.807, 2.05) is 0 Å². The SMILES string of the molecule is CN(CC(F)(F)F)C(=O)c1ccc(-c2ncnc3[nH]ccc23)o1.[HH]. The van der Waals surface area contributed by atoms with Gasteiger partial charge in [0, 0.05) is 20.1 Å². The minimum Gasteiger partial charge on any atom is -0.449 e. The van der Waals surface area contributed by atoms with E-state index in [1.54, 1.807) is 12.3 Å². The smallest absolute Gasteiger partial charge is 0.406 e. The molecule has 0 bridgehead atoms. The molecule has 0 saturated heterocycles. The zero-order valence-electron chi connectivity index (χ0n) is 11.9. The Kier molecular flexibility index (Phi) is 3.55. The number of alkyl halides is 3. The topological polar surface area (TPSA) is 75.0 Å². The molecule has 1 amide bonds. The summed E-state index contributed by atoms with van der Waals surface area (Å²) in [5.74, 6) is -0.761. The molecule has 0 aliphatic carbocycles. The minimum absolute atomic E-state index is 0. The first-order valence-electron chi connectivity index (χ1n) is 6.55. The van der Waals surface area contributed by atoms with Crippen LogP contribution in [-0.4, -0.2) is 45.5 Å². The standard InChI is InChI=1S/C14H11F3N4O2.H2/c1-21(6-14(15,16)17)13(22)10-3-2-9(23-10)11-8-4-5-18-12(8)20-7-19-11;/h2-5,7H,6H2,1H3,(H,18,19,20);1H. The first kappa shape index (κ1) is 15.1. The van der Waals surface area contributed by atoms with Crippen molar-refractivity contribution in [3.63, 3.8) is 0 Å². The Bertz CT molecular complexity index is 859. The van der Waals surface area contributed by atoms with Gasteiger partial charge in [-0.15, -0.1) is 0 Å². The normalized spacial score (nSPS) is 11.8. The highest BCUT2D eigenvalue weighted by Crippen LogP contribution is 2.27. The number of fused-ring (bicyclic) bond motifs is 1. The Morgan fingerprint density at radius 2 is 2.13 bits per heavy atom. The lowest BCUT2D eigenvalue weighted by Crippen LogP contribution is -2.35. The van der Waals surface area contributed by atoms with E-state index >= 15 is 0 Å². The van der Waals surface area contributed by atoms with Crippen LogP contribution in [0, 0.1) is 0 Å². The number of halogens is 3. The number of carbonyl (C=O) groups is 1. The van der Waals surface area contributed by atoms with Gasteiger partial charge in [-0.3, -0.25) is 4.79 Å². The first-order chi connectivity index (χ1) is 10.8. The molecule has 0 aromatic carbocycles. The number of nitrogens with one attached hydrogen (secondary N) is 1. The molecule has 3 aromatic rings. The maximum Gasteiger partial charge on any atom is 0.406 e. The van der Waals surface area contributed by atoms with Gasteiger partial charge in [0.05, 0.1) is 0 Å². The van der Waals surface area contributed by atoms with Gasteiger partial charge in [-0.25, -0.2) is 9.97 Å². The number of furan rings is 1. The minimum atomic E-state index is -4.47. The van der Waals surface area contributed by atoms with Gasteiger partial charge in [0.2, 0.25) is 0 Å². The van der Waals surface area contributed by atoms with Gasteiger partial charge < -0.3 is 14.3 Å². The van der Waals surface area contributed by atoms with E-state index in [0.29, 0.717) is 21.6 Å². The number of aromatic amines is 1. The molecule has 0 fully saturated rings. The van der Waals surface area contributed by atoms with Crippen molar-refractivity contribution in [2.24, 2.45) is 0 Å². The van der Waals surface area contributed by atoms with Crippen LogP contribution < -0.4 is 0 Å². The second-order valence-corrected chi connectivity index (χ2v) is 4.90. The lowest BCUT2D eigenvalue weighted by atomic mass is 10.2. The van der Waals surface area contributed by atoms with Crippen LogP contribution in [0.5, 0.6) is 0 Å². The molecule has 0 aliphatic rings. The van der Waals surface area contributed by atoms with E-state index in [-0.39, 0.29) is 12.9 Å². The van der Waals surface area contributed by atoms with Crippen molar-refractivity contribution >= 4 is 16.9 Å². The number of carbonyl (C=O) groups excluding carboxylic acids is 1. The van der Waals surface area contributed by atoms with Crippen molar-refractivity contribution in [2.75, 3.05) is 13.6 Å². The molecular weight excluding hydrogens is 313 g/mol. The Labute approximate surface area is 129 Å². The fourth-order valence-corrected chi connectivity index (χ4v) is 2.18. The predicted octanol–water partition coefficient (Wildman–Crippen LogP) is 3.10. The Hall–Kier alpha value is -2.84. The summed E-state index contributed by atoms with van der Waals surface area (Å²) < 4.78 is 42.4. The molecule has 0 saturated carbocycles. The maximum atomic E-state index is 12.3. The van der Waals surface area contributed by atoms with E-state index in [9.17, 15) is 18.0 Å². The van der Waals surface area contributed by atoms with Crippen LogP contribution in [0.15, 0.2) is 35.1 Å². The highest BCUT2D eigenvalue weighted by Gasteiger charge is 2.32. The second-order valence-electron chi connectivity index (χ2n) is 4.90. The van der Waals surface area contributed by atoms with Gasteiger partial charge in [0.1, 0.15) is 24.2 Å². The fraction of sp³-hybridized carbons (Fsp3) is 0.214. The van der Waals surface area contributed by atoms with E-state index in [4.69, 9.17) is 4.42 Å². The average Bonchev–Trinajstić information content (AvgIpc) is 3.13. The first-order valence-corrected chi connectivity index (χ1v) is 6.55. The molecule has 0 unspecified atom stereocenters. The highest BCUT2D eigenvalue weighted by molar-refractivity contribution is 5.93. The third-order valence-corrected chi connectivity index (χ3v) is 3.17. The van der Waals surface area contributed by atoms with Crippen LogP contribution in [0.1, 0.15) is 12.0 Å². The summed E-state index contributed by atoms with van der Waals surface area (Å²) in [6, 6.07) is 4.55. The van der Waals surface area contributed by atoms with Crippen LogP contribution in [-0.2, 0) is 0 Å². The van der Waals surface area contributed by atoms with Crippen LogP contribution in [0.2, 0.25) is 0 Å². The largest absolute Gasteiger partial charge is 0.449 e. The molecule has 0 radical (unpaired) electrons. The average molecular weight is 326 g/mol. The molecule has 0 spiro atoms. The molecule has 23 heavy (non-hydrogen) atoms. The predicted molar refractivity (Wildman–Crippen MR) is 76.7 cm³/mol. The summed E-state index contributed by atoms with van der Waals surface area (Å²) in [5.41, 5.74) is 1.04. The number of amides is 1. The third kappa shape index (κ3) is 3.03. The number of aromatic nitrogens is 3. The van der Waals surface area contributed by atoms with Gasteiger partial charge in [-0.2, -0.15) is 13.2 Å². The zero-order chi connectivity index (χ0) is 16.6. The van der Waals surface area contributed by atoms with Crippen molar-refractivity contribution in [2.45, 2.75) is 6.18 Å². The van der Waals surface area contributed by atoms with Gasteiger partial charge in [-0.05, 0) is 18.2 Å². The third-order valence-electron chi connectivity index (χ3n) is 3.17. The monoisotopic (exact) mass is 326 g/mol. The molecule has 0 atom stereocenters. The molecule has 6 nitrogen and oxygen atoms in total. The fourth-order valence-electron chi connectivity index (χ4n) is 2.18. The van der Waals surface area contributed by atoms with E-state index in [1.165, 1.54) is 18.5 Å². The van der Waals surface area contributed by atoms with Crippen molar-refractivity contribution in [3.8, 4) is 11.5 Å². The summed E-state index contributed by atoms with van der Waals surface area (Å²) >= 11 is 0. The van der Waals surface area contributed by atoms with Crippen molar-refractivity contribution in [1.82, 2.24) is 19.9 Å². The van der Waals surface area contributed by atoms with E-state index in [0.717, 1.165) is 7.05 Å². The lowest BCUT2D eigenvalue weighted by molar-refractivity contribution is -0.138. The van der Waals surface area contributed by atoms with Crippen LogP contribution in [0.25, 0.3) is 22.5 Å². The Morgan fingerprint density at radius 3 is 2.87 bits per heavy atom. The van der Waals surface area contributed by atoms with Gasteiger partial charge in [0.25, 0.3) is 5.91 Å². The number of hydrogen-bond donors (Lipinski definition) is 1. The second kappa shape index (κ2) is 5.41. The molecule has 3 rings (SSSR count). The molecule has 3 heterocycles. The number of H-pyrrole nitrogens is 1. The van der Waals surface area contributed by atoms with Gasteiger partial charge >= 0.3 is 6.18 Å².